The Morgan fingerprint density at radius 2 is 1.00 bits per heavy atom. The number of fused-ring (bicyclic) bond motifs is 4. The van der Waals surface area contributed by atoms with Crippen molar-refractivity contribution in [3.63, 3.8) is 0 Å². The third kappa shape index (κ3) is 3.60. The fraction of sp³-hybridized carbons (Fsp3) is 0.200. The zero-order valence-electron chi connectivity index (χ0n) is 21.3. The van der Waals surface area contributed by atoms with Gasteiger partial charge in [-0.3, -0.25) is 0 Å². The monoisotopic (exact) mass is 452 g/mol. The molecule has 0 heteroatoms. The third-order valence-electron chi connectivity index (χ3n) is 7.84. The molecule has 0 aromatic heterocycles. The van der Waals surface area contributed by atoms with Crippen LogP contribution in [0.25, 0.3) is 44.2 Å². The van der Waals surface area contributed by atoms with E-state index < -0.39 is 0 Å². The summed E-state index contributed by atoms with van der Waals surface area (Å²) in [5.74, 6) is 0. The van der Waals surface area contributed by atoms with Gasteiger partial charge in [-0.15, -0.1) is 0 Å². The molecule has 0 amide bonds. The summed E-state index contributed by atoms with van der Waals surface area (Å²) in [6, 6.07) is 38.4. The fourth-order valence-corrected chi connectivity index (χ4v) is 5.61. The van der Waals surface area contributed by atoms with Gasteiger partial charge in [0.05, 0.1) is 0 Å². The minimum Gasteiger partial charge on any atom is -0.0616 e. The number of hydrogen-bond acceptors (Lipinski definition) is 0. The molecule has 0 saturated heterocycles. The van der Waals surface area contributed by atoms with Gasteiger partial charge < -0.3 is 0 Å². The van der Waals surface area contributed by atoms with E-state index in [1.54, 1.807) is 0 Å². The molecule has 172 valence electrons. The molecule has 0 spiro atoms. The van der Waals surface area contributed by atoms with E-state index in [9.17, 15) is 0 Å². The highest BCUT2D eigenvalue weighted by Gasteiger charge is 2.36. The molecular weight excluding hydrogens is 420 g/mol. The highest BCUT2D eigenvalue weighted by atomic mass is 14.4. The second kappa shape index (κ2) is 7.68. The fourth-order valence-electron chi connectivity index (χ4n) is 5.61. The van der Waals surface area contributed by atoms with Gasteiger partial charge in [0.25, 0.3) is 0 Å². The average molecular weight is 453 g/mol. The minimum absolute atomic E-state index is 0.00697. The van der Waals surface area contributed by atoms with Gasteiger partial charge in [0.15, 0.2) is 0 Å². The van der Waals surface area contributed by atoms with Gasteiger partial charge in [-0.05, 0) is 78.4 Å². The smallest absolute Gasteiger partial charge is 0.0159 e. The Morgan fingerprint density at radius 1 is 0.486 bits per heavy atom. The van der Waals surface area contributed by atoms with Gasteiger partial charge in [0.2, 0.25) is 0 Å². The predicted molar refractivity (Wildman–Crippen MR) is 151 cm³/mol. The van der Waals surface area contributed by atoms with Gasteiger partial charge in [-0.2, -0.15) is 0 Å². The van der Waals surface area contributed by atoms with Crippen molar-refractivity contribution >= 4 is 10.8 Å². The molecule has 5 aromatic rings. The molecule has 6 rings (SSSR count). The average Bonchev–Trinajstić information content (AvgIpc) is 3.09. The SMILES string of the molecule is CC(C)(C)c1ccc2c(c1)C(C)(C)c1cc(-c3ccc(-c4ccc5ccccc5c4)cc3)ccc1-2. The molecule has 0 N–H and O–H groups in total. The van der Waals surface area contributed by atoms with Crippen LogP contribution in [0.5, 0.6) is 0 Å². The van der Waals surface area contributed by atoms with Crippen molar-refractivity contribution in [3.05, 3.63) is 120 Å². The Labute approximate surface area is 209 Å². The van der Waals surface area contributed by atoms with Crippen molar-refractivity contribution in [3.8, 4) is 33.4 Å². The van der Waals surface area contributed by atoms with Gasteiger partial charge in [0.1, 0.15) is 0 Å². The highest BCUT2D eigenvalue weighted by molar-refractivity contribution is 5.88. The van der Waals surface area contributed by atoms with Gasteiger partial charge in [-0.1, -0.05) is 126 Å². The Bertz CT molecular complexity index is 1570. The van der Waals surface area contributed by atoms with E-state index in [0.29, 0.717) is 0 Å². The summed E-state index contributed by atoms with van der Waals surface area (Å²) in [5.41, 5.74) is 12.2. The van der Waals surface area contributed by atoms with Crippen LogP contribution in [0.1, 0.15) is 51.3 Å². The topological polar surface area (TPSA) is 0 Å². The van der Waals surface area contributed by atoms with Crippen LogP contribution < -0.4 is 0 Å². The third-order valence-corrected chi connectivity index (χ3v) is 7.84. The maximum atomic E-state index is 2.44. The highest BCUT2D eigenvalue weighted by Crippen LogP contribution is 2.50. The Hall–Kier alpha value is -3.64. The van der Waals surface area contributed by atoms with Crippen molar-refractivity contribution in [1.82, 2.24) is 0 Å². The van der Waals surface area contributed by atoms with Crippen molar-refractivity contribution in [2.24, 2.45) is 0 Å². The van der Waals surface area contributed by atoms with Crippen molar-refractivity contribution in [2.75, 3.05) is 0 Å². The second-order valence-corrected chi connectivity index (χ2v) is 11.5. The number of benzene rings is 5. The molecule has 0 atom stereocenters. The van der Waals surface area contributed by atoms with Crippen LogP contribution in [-0.4, -0.2) is 0 Å². The standard InChI is InChI=1S/C35H32/c1-34(2,3)29-17-19-31-30-18-16-28(21-32(30)35(4,5)33(31)22-29)25-12-10-24(11-13-25)27-15-14-23-8-6-7-9-26(23)20-27/h6-22H,1-5H3. The summed E-state index contributed by atoms with van der Waals surface area (Å²) in [6.45, 7) is 11.6. The van der Waals surface area contributed by atoms with Crippen molar-refractivity contribution in [2.45, 2.75) is 45.4 Å². The van der Waals surface area contributed by atoms with E-state index in [4.69, 9.17) is 0 Å². The van der Waals surface area contributed by atoms with E-state index >= 15 is 0 Å². The first kappa shape index (κ1) is 21.9. The first-order valence-electron chi connectivity index (χ1n) is 12.6. The second-order valence-electron chi connectivity index (χ2n) is 11.5. The molecule has 1 aliphatic carbocycles. The molecule has 0 nitrogen and oxygen atoms in total. The van der Waals surface area contributed by atoms with Crippen LogP contribution in [0, 0.1) is 0 Å². The molecule has 0 bridgehead atoms. The summed E-state index contributed by atoms with van der Waals surface area (Å²) in [4.78, 5) is 0. The quantitative estimate of drug-likeness (QED) is 0.250. The van der Waals surface area contributed by atoms with Crippen LogP contribution >= 0.6 is 0 Å². The Balaban J connectivity index is 1.36. The van der Waals surface area contributed by atoms with Crippen LogP contribution in [0.2, 0.25) is 0 Å². The Morgan fingerprint density at radius 3 is 1.66 bits per heavy atom. The maximum absolute atomic E-state index is 2.44. The molecular formula is C35H32. The van der Waals surface area contributed by atoms with Crippen molar-refractivity contribution in [1.29, 1.82) is 0 Å². The molecule has 0 saturated carbocycles. The molecule has 1 aliphatic rings. The van der Waals surface area contributed by atoms with E-state index in [1.165, 1.54) is 60.8 Å². The predicted octanol–water partition coefficient (Wildman–Crippen LogP) is 9.78. The summed E-state index contributed by atoms with van der Waals surface area (Å²) >= 11 is 0. The summed E-state index contributed by atoms with van der Waals surface area (Å²) < 4.78 is 0. The van der Waals surface area contributed by atoms with Gasteiger partial charge in [0, 0.05) is 5.41 Å². The summed E-state index contributed by atoms with van der Waals surface area (Å²) in [6.07, 6.45) is 0. The summed E-state index contributed by atoms with van der Waals surface area (Å²) in [5, 5.41) is 2.56. The van der Waals surface area contributed by atoms with E-state index in [0.717, 1.165) is 0 Å². The molecule has 0 fully saturated rings. The molecule has 35 heavy (non-hydrogen) atoms. The largest absolute Gasteiger partial charge is 0.0616 e. The first-order chi connectivity index (χ1) is 16.7. The van der Waals surface area contributed by atoms with Crippen LogP contribution in [-0.2, 0) is 10.8 Å². The van der Waals surface area contributed by atoms with E-state index in [-0.39, 0.29) is 10.8 Å². The van der Waals surface area contributed by atoms with Crippen LogP contribution in [0.15, 0.2) is 103 Å². The van der Waals surface area contributed by atoms with Crippen LogP contribution in [0.3, 0.4) is 0 Å². The lowest BCUT2D eigenvalue weighted by Crippen LogP contribution is -2.17. The first-order valence-corrected chi connectivity index (χ1v) is 12.6. The maximum Gasteiger partial charge on any atom is 0.0159 e. The molecule has 0 aliphatic heterocycles. The zero-order chi connectivity index (χ0) is 24.4. The van der Waals surface area contributed by atoms with Crippen LogP contribution in [0.4, 0.5) is 0 Å². The molecule has 5 aromatic carbocycles. The summed E-state index contributed by atoms with van der Waals surface area (Å²) in [7, 11) is 0. The Kier molecular flexibility index (Phi) is 4.80. The molecule has 0 unspecified atom stereocenters. The normalized spacial score (nSPS) is 14.1. The molecule has 0 radical (unpaired) electrons. The lowest BCUT2D eigenvalue weighted by molar-refractivity contribution is 0.584. The van der Waals surface area contributed by atoms with E-state index in [1.807, 2.05) is 0 Å². The number of rotatable bonds is 2. The minimum atomic E-state index is -0.00697. The van der Waals surface area contributed by atoms with Crippen molar-refractivity contribution < 1.29 is 0 Å². The zero-order valence-corrected chi connectivity index (χ0v) is 21.3. The van der Waals surface area contributed by atoms with Gasteiger partial charge in [-0.25, -0.2) is 0 Å². The molecule has 0 heterocycles. The lowest BCUT2D eigenvalue weighted by Gasteiger charge is -2.25. The van der Waals surface area contributed by atoms with E-state index in [2.05, 4.69) is 138 Å². The lowest BCUT2D eigenvalue weighted by atomic mass is 9.78. The number of hydrogen-bond donors (Lipinski definition) is 0. The van der Waals surface area contributed by atoms with Gasteiger partial charge >= 0.3 is 0 Å².